The normalized spacial score (nSPS) is 16.6. The zero-order valence-corrected chi connectivity index (χ0v) is 16.1. The highest BCUT2D eigenvalue weighted by molar-refractivity contribution is 6.00. The van der Waals surface area contributed by atoms with Gasteiger partial charge in [0.15, 0.2) is 0 Å². The molecule has 4 rings (SSSR count). The SMILES string of the molecule is O=C(c1cnc2ccccc2c1C(F)(F)F)N1CCC(C(O)c2ccccc2)CC1. The van der Waals surface area contributed by atoms with E-state index in [9.17, 15) is 23.1 Å². The van der Waals surface area contributed by atoms with Crippen molar-refractivity contribution >= 4 is 16.8 Å². The molecule has 1 unspecified atom stereocenters. The van der Waals surface area contributed by atoms with Crippen LogP contribution in [-0.4, -0.2) is 34.0 Å². The summed E-state index contributed by atoms with van der Waals surface area (Å²) in [5, 5.41) is 10.5. The summed E-state index contributed by atoms with van der Waals surface area (Å²) in [5.74, 6) is -0.721. The number of aromatic nitrogens is 1. The smallest absolute Gasteiger partial charge is 0.388 e. The number of halogens is 3. The van der Waals surface area contributed by atoms with Crippen LogP contribution in [-0.2, 0) is 6.18 Å². The molecule has 1 aliphatic rings. The first-order chi connectivity index (χ1) is 14.4. The zero-order chi connectivity index (χ0) is 21.3. The predicted octanol–water partition coefficient (Wildman–Crippen LogP) is 4.84. The van der Waals surface area contributed by atoms with E-state index in [4.69, 9.17) is 0 Å². The Labute approximate surface area is 172 Å². The number of hydrogen-bond acceptors (Lipinski definition) is 3. The summed E-state index contributed by atoms with van der Waals surface area (Å²) in [6.45, 7) is 0.578. The van der Waals surface area contributed by atoms with Gasteiger partial charge < -0.3 is 10.0 Å². The van der Waals surface area contributed by atoms with Crippen LogP contribution in [0.2, 0.25) is 0 Å². The number of carbonyl (C=O) groups is 1. The van der Waals surface area contributed by atoms with Gasteiger partial charge in [0.2, 0.25) is 0 Å². The molecule has 0 spiro atoms. The van der Waals surface area contributed by atoms with Gasteiger partial charge in [-0.05, 0) is 30.4 Å². The van der Waals surface area contributed by atoms with E-state index < -0.39 is 29.3 Å². The van der Waals surface area contributed by atoms with Crippen molar-refractivity contribution in [3.05, 3.63) is 77.5 Å². The second kappa shape index (κ2) is 8.07. The molecule has 1 fully saturated rings. The van der Waals surface area contributed by atoms with Gasteiger partial charge in [-0.2, -0.15) is 13.2 Å². The summed E-state index contributed by atoms with van der Waals surface area (Å²) in [6.07, 6.45) is -3.27. The first-order valence-electron chi connectivity index (χ1n) is 9.83. The third kappa shape index (κ3) is 3.89. The van der Waals surface area contributed by atoms with Crippen LogP contribution in [0.3, 0.4) is 0 Å². The first kappa shape index (κ1) is 20.3. The van der Waals surface area contributed by atoms with E-state index in [1.54, 1.807) is 6.07 Å². The molecule has 2 aromatic carbocycles. The van der Waals surface area contributed by atoms with Crippen molar-refractivity contribution < 1.29 is 23.1 Å². The molecule has 1 aliphatic heterocycles. The Kier molecular flexibility index (Phi) is 5.47. The number of piperidine rings is 1. The molecule has 2 heterocycles. The summed E-state index contributed by atoms with van der Waals surface area (Å²) < 4.78 is 41.5. The highest BCUT2D eigenvalue weighted by Gasteiger charge is 2.39. The fraction of sp³-hybridized carbons (Fsp3) is 0.304. The number of nitrogens with zero attached hydrogens (tertiary/aromatic N) is 2. The molecule has 1 atom stereocenters. The molecule has 0 saturated carbocycles. The van der Waals surface area contributed by atoms with Crippen LogP contribution in [0.4, 0.5) is 13.2 Å². The van der Waals surface area contributed by atoms with Gasteiger partial charge in [-0.25, -0.2) is 0 Å². The van der Waals surface area contributed by atoms with E-state index >= 15 is 0 Å². The fourth-order valence-electron chi connectivity index (χ4n) is 4.12. The number of hydrogen-bond donors (Lipinski definition) is 1. The number of alkyl halides is 3. The van der Waals surface area contributed by atoms with Crippen LogP contribution in [0, 0.1) is 5.92 Å². The van der Waals surface area contributed by atoms with Gasteiger partial charge in [0.25, 0.3) is 5.91 Å². The Morgan fingerprint density at radius 3 is 2.33 bits per heavy atom. The van der Waals surface area contributed by atoms with E-state index in [2.05, 4.69) is 4.98 Å². The topological polar surface area (TPSA) is 53.4 Å². The number of likely N-dealkylation sites (tertiary alicyclic amines) is 1. The quantitative estimate of drug-likeness (QED) is 0.667. The summed E-state index contributed by atoms with van der Waals surface area (Å²) >= 11 is 0. The number of para-hydroxylation sites is 1. The number of rotatable bonds is 3. The Bertz CT molecular complexity index is 1050. The average Bonchev–Trinajstić information content (AvgIpc) is 2.77. The fourth-order valence-corrected chi connectivity index (χ4v) is 4.12. The van der Waals surface area contributed by atoms with Gasteiger partial charge in [-0.15, -0.1) is 0 Å². The molecular weight excluding hydrogens is 393 g/mol. The summed E-state index contributed by atoms with van der Waals surface area (Å²) in [4.78, 5) is 18.5. The largest absolute Gasteiger partial charge is 0.417 e. The van der Waals surface area contributed by atoms with Crippen molar-refractivity contribution in [1.82, 2.24) is 9.88 Å². The van der Waals surface area contributed by atoms with Gasteiger partial charge in [0.1, 0.15) is 0 Å². The second-order valence-electron chi connectivity index (χ2n) is 7.55. The van der Waals surface area contributed by atoms with E-state index in [1.165, 1.54) is 23.1 Å². The molecule has 1 saturated heterocycles. The lowest BCUT2D eigenvalue weighted by Gasteiger charge is -2.34. The lowest BCUT2D eigenvalue weighted by molar-refractivity contribution is -0.136. The van der Waals surface area contributed by atoms with Gasteiger partial charge in [0, 0.05) is 24.7 Å². The number of aliphatic hydroxyl groups is 1. The van der Waals surface area contributed by atoms with Crippen molar-refractivity contribution in [3.63, 3.8) is 0 Å². The molecule has 0 radical (unpaired) electrons. The minimum absolute atomic E-state index is 0.0479. The predicted molar refractivity (Wildman–Crippen MR) is 107 cm³/mol. The minimum atomic E-state index is -4.67. The van der Waals surface area contributed by atoms with Crippen LogP contribution in [0.25, 0.3) is 10.9 Å². The van der Waals surface area contributed by atoms with Crippen molar-refractivity contribution in [1.29, 1.82) is 0 Å². The molecule has 156 valence electrons. The van der Waals surface area contributed by atoms with Crippen molar-refractivity contribution in [3.8, 4) is 0 Å². The molecule has 1 amide bonds. The lowest BCUT2D eigenvalue weighted by Crippen LogP contribution is -2.40. The number of fused-ring (bicyclic) bond motifs is 1. The Morgan fingerprint density at radius 1 is 1.03 bits per heavy atom. The van der Waals surface area contributed by atoms with Gasteiger partial charge in [-0.1, -0.05) is 48.5 Å². The first-order valence-corrected chi connectivity index (χ1v) is 9.83. The third-order valence-electron chi connectivity index (χ3n) is 5.70. The standard InChI is InChI=1S/C23H21F3N2O2/c24-23(25,26)20-17-8-4-5-9-19(17)27-14-18(20)22(30)28-12-10-16(11-13-28)21(29)15-6-2-1-3-7-15/h1-9,14,16,21,29H,10-13H2. The number of pyridine rings is 1. The van der Waals surface area contributed by atoms with Crippen LogP contribution in [0.15, 0.2) is 60.8 Å². The number of amides is 1. The summed E-state index contributed by atoms with van der Waals surface area (Å²) in [6, 6.07) is 15.2. The number of benzene rings is 2. The van der Waals surface area contributed by atoms with Crippen molar-refractivity contribution in [2.45, 2.75) is 25.1 Å². The van der Waals surface area contributed by atoms with Gasteiger partial charge >= 0.3 is 6.18 Å². The van der Waals surface area contributed by atoms with Gasteiger partial charge in [0.05, 0.1) is 22.7 Å². The van der Waals surface area contributed by atoms with Crippen LogP contribution in [0.1, 0.15) is 40.4 Å². The Morgan fingerprint density at radius 2 is 1.67 bits per heavy atom. The molecule has 0 aliphatic carbocycles. The highest BCUT2D eigenvalue weighted by atomic mass is 19.4. The molecule has 1 aromatic heterocycles. The van der Waals surface area contributed by atoms with E-state index in [-0.39, 0.29) is 29.9 Å². The summed E-state index contributed by atoms with van der Waals surface area (Å²) in [5.41, 5.74) is -0.362. The molecular formula is C23H21F3N2O2. The molecule has 1 N–H and O–H groups in total. The molecule has 0 bridgehead atoms. The highest BCUT2D eigenvalue weighted by Crippen LogP contribution is 2.38. The molecule has 30 heavy (non-hydrogen) atoms. The maximum Gasteiger partial charge on any atom is 0.417 e. The lowest BCUT2D eigenvalue weighted by atomic mass is 9.87. The summed E-state index contributed by atoms with van der Waals surface area (Å²) in [7, 11) is 0. The molecule has 3 aromatic rings. The van der Waals surface area contributed by atoms with Crippen molar-refractivity contribution in [2.75, 3.05) is 13.1 Å². The van der Waals surface area contributed by atoms with Crippen LogP contribution >= 0.6 is 0 Å². The maximum atomic E-state index is 13.8. The number of carbonyl (C=O) groups excluding carboxylic acids is 1. The third-order valence-corrected chi connectivity index (χ3v) is 5.70. The zero-order valence-electron chi connectivity index (χ0n) is 16.1. The molecule has 4 nitrogen and oxygen atoms in total. The number of aliphatic hydroxyl groups excluding tert-OH is 1. The van der Waals surface area contributed by atoms with E-state index in [0.717, 1.165) is 11.8 Å². The Hall–Kier alpha value is -2.93. The van der Waals surface area contributed by atoms with Crippen molar-refractivity contribution in [2.24, 2.45) is 5.92 Å². The van der Waals surface area contributed by atoms with Crippen LogP contribution < -0.4 is 0 Å². The van der Waals surface area contributed by atoms with E-state index in [1.807, 2.05) is 30.3 Å². The molecule has 7 heteroatoms. The van der Waals surface area contributed by atoms with E-state index in [0.29, 0.717) is 12.8 Å². The van der Waals surface area contributed by atoms with Gasteiger partial charge in [-0.3, -0.25) is 9.78 Å². The minimum Gasteiger partial charge on any atom is -0.388 e. The van der Waals surface area contributed by atoms with Crippen LogP contribution in [0.5, 0.6) is 0 Å². The second-order valence-corrected chi connectivity index (χ2v) is 7.55. The maximum absolute atomic E-state index is 13.8. The monoisotopic (exact) mass is 414 g/mol. The average molecular weight is 414 g/mol. The Balaban J connectivity index is 1.56.